The molecular formula is C15H23NO. The maximum absolute atomic E-state index is 6.60. The fourth-order valence-electron chi connectivity index (χ4n) is 2.70. The summed E-state index contributed by atoms with van der Waals surface area (Å²) in [4.78, 5) is 0. The first-order chi connectivity index (χ1) is 7.97. The summed E-state index contributed by atoms with van der Waals surface area (Å²) in [6, 6.07) is 8.16. The molecule has 0 saturated heterocycles. The van der Waals surface area contributed by atoms with E-state index in [9.17, 15) is 0 Å². The summed E-state index contributed by atoms with van der Waals surface area (Å²) in [5.74, 6) is 0.926. The van der Waals surface area contributed by atoms with Crippen molar-refractivity contribution in [2.75, 3.05) is 7.11 Å². The van der Waals surface area contributed by atoms with Crippen molar-refractivity contribution in [1.82, 2.24) is 0 Å². The van der Waals surface area contributed by atoms with Crippen molar-refractivity contribution < 1.29 is 4.74 Å². The number of hydrogen-bond acceptors (Lipinski definition) is 2. The molecule has 2 N–H and O–H groups in total. The zero-order valence-electron chi connectivity index (χ0n) is 11.1. The van der Waals surface area contributed by atoms with Gasteiger partial charge in [-0.2, -0.15) is 0 Å². The van der Waals surface area contributed by atoms with Crippen molar-refractivity contribution in [3.63, 3.8) is 0 Å². The van der Waals surface area contributed by atoms with E-state index >= 15 is 0 Å². The Balaban J connectivity index is 2.27. The minimum Gasteiger partial charge on any atom is -0.496 e. The van der Waals surface area contributed by atoms with Crippen molar-refractivity contribution in [2.45, 2.75) is 45.1 Å². The van der Waals surface area contributed by atoms with E-state index in [4.69, 9.17) is 10.5 Å². The van der Waals surface area contributed by atoms with Crippen LogP contribution in [0.15, 0.2) is 24.3 Å². The smallest absolute Gasteiger partial charge is 0.123 e. The zero-order chi connectivity index (χ0) is 12.5. The van der Waals surface area contributed by atoms with Gasteiger partial charge in [0.2, 0.25) is 0 Å². The molecule has 1 aliphatic rings. The monoisotopic (exact) mass is 233 g/mol. The third-order valence-electron chi connectivity index (χ3n) is 4.14. The molecule has 0 aromatic heterocycles. The molecule has 1 aliphatic carbocycles. The number of hydrogen-bond donors (Lipinski definition) is 1. The minimum absolute atomic E-state index is 0.206. The number of methoxy groups -OCH3 is 1. The lowest BCUT2D eigenvalue weighted by molar-refractivity contribution is 0.163. The molecule has 0 atom stereocenters. The molecule has 1 fully saturated rings. The van der Waals surface area contributed by atoms with Crippen LogP contribution in [0.1, 0.15) is 45.1 Å². The van der Waals surface area contributed by atoms with E-state index in [1.807, 2.05) is 18.2 Å². The molecule has 2 rings (SSSR count). The Morgan fingerprint density at radius 1 is 1.06 bits per heavy atom. The third kappa shape index (κ3) is 2.47. The molecule has 0 radical (unpaired) electrons. The minimum atomic E-state index is -0.206. The van der Waals surface area contributed by atoms with E-state index in [-0.39, 0.29) is 5.54 Å². The number of para-hydroxylation sites is 1. The Labute approximate surface area is 104 Å². The van der Waals surface area contributed by atoms with E-state index in [0.717, 1.165) is 24.2 Å². The maximum Gasteiger partial charge on any atom is 0.123 e. The highest BCUT2D eigenvalue weighted by Gasteiger charge is 2.37. The molecule has 1 aromatic rings. The van der Waals surface area contributed by atoms with Crippen LogP contribution < -0.4 is 10.5 Å². The summed E-state index contributed by atoms with van der Waals surface area (Å²) in [6.07, 6.45) is 4.45. The van der Waals surface area contributed by atoms with Gasteiger partial charge < -0.3 is 10.5 Å². The quantitative estimate of drug-likeness (QED) is 0.849. The Bertz CT molecular complexity index is 388. The number of rotatable bonds is 2. The van der Waals surface area contributed by atoms with Crippen molar-refractivity contribution in [1.29, 1.82) is 0 Å². The van der Waals surface area contributed by atoms with E-state index in [0.29, 0.717) is 5.41 Å². The summed E-state index contributed by atoms with van der Waals surface area (Å²) < 4.78 is 5.44. The zero-order valence-corrected chi connectivity index (χ0v) is 11.1. The van der Waals surface area contributed by atoms with E-state index in [1.54, 1.807) is 7.11 Å². The van der Waals surface area contributed by atoms with Gasteiger partial charge >= 0.3 is 0 Å². The molecule has 17 heavy (non-hydrogen) atoms. The van der Waals surface area contributed by atoms with Gasteiger partial charge in [-0.15, -0.1) is 0 Å². The fourth-order valence-corrected chi connectivity index (χ4v) is 2.70. The predicted molar refractivity (Wildman–Crippen MR) is 71.1 cm³/mol. The Morgan fingerprint density at radius 3 is 2.24 bits per heavy atom. The van der Waals surface area contributed by atoms with Crippen molar-refractivity contribution in [3.8, 4) is 5.75 Å². The van der Waals surface area contributed by atoms with Gasteiger partial charge in [0.05, 0.1) is 7.11 Å². The van der Waals surface area contributed by atoms with Gasteiger partial charge in [0.1, 0.15) is 5.75 Å². The highest BCUT2D eigenvalue weighted by atomic mass is 16.5. The molecule has 0 aliphatic heterocycles. The van der Waals surface area contributed by atoms with Crippen LogP contribution in [0.25, 0.3) is 0 Å². The van der Waals surface area contributed by atoms with E-state index in [1.165, 1.54) is 12.8 Å². The SMILES string of the molecule is COc1ccccc1C1(N)CCC(C)(C)CC1. The van der Waals surface area contributed by atoms with E-state index in [2.05, 4.69) is 19.9 Å². The Kier molecular flexibility index (Phi) is 3.17. The first-order valence-electron chi connectivity index (χ1n) is 6.39. The van der Waals surface area contributed by atoms with Crippen LogP contribution >= 0.6 is 0 Å². The summed E-state index contributed by atoms with van der Waals surface area (Å²) in [6.45, 7) is 4.66. The lowest BCUT2D eigenvalue weighted by Gasteiger charge is -2.42. The summed E-state index contributed by atoms with van der Waals surface area (Å²) in [7, 11) is 1.72. The number of benzene rings is 1. The van der Waals surface area contributed by atoms with Crippen LogP contribution in [0.4, 0.5) is 0 Å². The summed E-state index contributed by atoms with van der Waals surface area (Å²) in [5.41, 5.74) is 7.99. The molecule has 1 saturated carbocycles. The van der Waals surface area contributed by atoms with Crippen LogP contribution in [0.2, 0.25) is 0 Å². The van der Waals surface area contributed by atoms with Crippen LogP contribution in [0, 0.1) is 5.41 Å². The summed E-state index contributed by atoms with van der Waals surface area (Å²) in [5, 5.41) is 0. The fraction of sp³-hybridized carbons (Fsp3) is 0.600. The first-order valence-corrected chi connectivity index (χ1v) is 6.39. The maximum atomic E-state index is 6.60. The topological polar surface area (TPSA) is 35.2 Å². The largest absolute Gasteiger partial charge is 0.496 e. The van der Waals surface area contributed by atoms with E-state index < -0.39 is 0 Å². The van der Waals surface area contributed by atoms with Crippen LogP contribution in [0.5, 0.6) is 5.75 Å². The lowest BCUT2D eigenvalue weighted by atomic mass is 9.67. The number of nitrogens with two attached hydrogens (primary N) is 1. The first kappa shape index (κ1) is 12.4. The van der Waals surface area contributed by atoms with Gasteiger partial charge in [0.25, 0.3) is 0 Å². The van der Waals surface area contributed by atoms with Crippen LogP contribution in [-0.2, 0) is 5.54 Å². The second-order valence-electron chi connectivity index (χ2n) is 6.02. The van der Waals surface area contributed by atoms with Crippen molar-refractivity contribution in [2.24, 2.45) is 11.1 Å². The van der Waals surface area contributed by atoms with Gasteiger partial charge in [-0.05, 0) is 37.2 Å². The molecular weight excluding hydrogens is 210 g/mol. The van der Waals surface area contributed by atoms with Crippen molar-refractivity contribution >= 4 is 0 Å². The standard InChI is InChI=1S/C15H23NO/c1-14(2)8-10-15(16,11-9-14)12-6-4-5-7-13(12)17-3/h4-7H,8-11,16H2,1-3H3. The second-order valence-corrected chi connectivity index (χ2v) is 6.02. The molecule has 0 heterocycles. The predicted octanol–water partition coefficient (Wildman–Crippen LogP) is 3.45. The molecule has 94 valence electrons. The van der Waals surface area contributed by atoms with Gasteiger partial charge in [0.15, 0.2) is 0 Å². The Hall–Kier alpha value is -1.02. The van der Waals surface area contributed by atoms with Gasteiger partial charge in [-0.3, -0.25) is 0 Å². The molecule has 2 heteroatoms. The highest BCUT2D eigenvalue weighted by Crippen LogP contribution is 2.45. The van der Waals surface area contributed by atoms with Gasteiger partial charge in [-0.1, -0.05) is 32.0 Å². The molecule has 2 nitrogen and oxygen atoms in total. The molecule has 0 unspecified atom stereocenters. The number of ether oxygens (including phenoxy) is 1. The Morgan fingerprint density at radius 2 is 1.65 bits per heavy atom. The lowest BCUT2D eigenvalue weighted by Crippen LogP contribution is -2.42. The third-order valence-corrected chi connectivity index (χ3v) is 4.14. The summed E-state index contributed by atoms with van der Waals surface area (Å²) >= 11 is 0. The van der Waals surface area contributed by atoms with Crippen LogP contribution in [-0.4, -0.2) is 7.11 Å². The molecule has 0 bridgehead atoms. The molecule has 0 spiro atoms. The van der Waals surface area contributed by atoms with Gasteiger partial charge in [0, 0.05) is 11.1 Å². The molecule has 0 amide bonds. The van der Waals surface area contributed by atoms with Crippen LogP contribution in [0.3, 0.4) is 0 Å². The highest BCUT2D eigenvalue weighted by molar-refractivity contribution is 5.39. The van der Waals surface area contributed by atoms with Crippen molar-refractivity contribution in [3.05, 3.63) is 29.8 Å². The average molecular weight is 233 g/mol. The molecule has 1 aromatic carbocycles. The average Bonchev–Trinajstić information content (AvgIpc) is 2.33. The normalized spacial score (nSPS) is 22.1. The second kappa shape index (κ2) is 4.34. The van der Waals surface area contributed by atoms with Gasteiger partial charge in [-0.25, -0.2) is 0 Å².